The summed E-state index contributed by atoms with van der Waals surface area (Å²) in [6, 6.07) is 0.688. The fourth-order valence-electron chi connectivity index (χ4n) is 4.54. The van der Waals surface area contributed by atoms with Crippen LogP contribution in [-0.2, 0) is 9.53 Å². The Hall–Kier alpha value is -0.610. The maximum Gasteiger partial charge on any atom is 0.225 e. The van der Waals surface area contributed by atoms with Gasteiger partial charge in [-0.2, -0.15) is 0 Å². The molecule has 1 aliphatic carbocycles. The largest absolute Gasteiger partial charge is 0.381 e. The number of methoxy groups -OCH3 is 1. The molecule has 3 aliphatic rings. The summed E-state index contributed by atoms with van der Waals surface area (Å²) in [6.07, 6.45) is 11.2. The average molecular weight is 308 g/mol. The molecule has 22 heavy (non-hydrogen) atoms. The Morgan fingerprint density at radius 3 is 2.09 bits per heavy atom. The summed E-state index contributed by atoms with van der Waals surface area (Å²) < 4.78 is 5.46. The molecular formula is C18H32N2O2. The van der Waals surface area contributed by atoms with Crippen LogP contribution in [0.3, 0.4) is 0 Å². The second-order valence-corrected chi connectivity index (χ2v) is 7.36. The standard InChI is InChI=1S/C18H32N2O2/c1-22-17-9-13-19(14-10-17)16-7-11-20(12-8-16)18(21)15-5-3-2-4-6-15/h15-17H,2-14H2,1H3. The SMILES string of the molecule is COC1CCN(C2CCN(C(=O)C3CCCCC3)CC2)CC1. The molecule has 0 aromatic rings. The molecule has 2 saturated heterocycles. The third-order valence-electron chi connectivity index (χ3n) is 6.06. The van der Waals surface area contributed by atoms with Gasteiger partial charge >= 0.3 is 0 Å². The van der Waals surface area contributed by atoms with Crippen molar-refractivity contribution >= 4 is 5.91 Å². The van der Waals surface area contributed by atoms with Crippen molar-refractivity contribution < 1.29 is 9.53 Å². The van der Waals surface area contributed by atoms with Crippen molar-refractivity contribution in [2.75, 3.05) is 33.3 Å². The van der Waals surface area contributed by atoms with Gasteiger partial charge in [-0.15, -0.1) is 0 Å². The van der Waals surface area contributed by atoms with Gasteiger partial charge in [-0.25, -0.2) is 0 Å². The Morgan fingerprint density at radius 1 is 0.864 bits per heavy atom. The lowest BCUT2D eigenvalue weighted by molar-refractivity contribution is -0.138. The van der Waals surface area contributed by atoms with E-state index >= 15 is 0 Å². The van der Waals surface area contributed by atoms with Crippen LogP contribution in [0.25, 0.3) is 0 Å². The Balaban J connectivity index is 1.43. The lowest BCUT2D eigenvalue weighted by atomic mass is 9.87. The minimum absolute atomic E-state index is 0.336. The number of hydrogen-bond donors (Lipinski definition) is 0. The third-order valence-corrected chi connectivity index (χ3v) is 6.06. The first-order chi connectivity index (χ1) is 10.8. The van der Waals surface area contributed by atoms with E-state index in [0.717, 1.165) is 51.6 Å². The molecule has 1 saturated carbocycles. The van der Waals surface area contributed by atoms with Crippen molar-refractivity contribution in [3.8, 4) is 0 Å². The van der Waals surface area contributed by atoms with Gasteiger partial charge in [-0.05, 0) is 38.5 Å². The Morgan fingerprint density at radius 2 is 1.50 bits per heavy atom. The molecule has 3 fully saturated rings. The van der Waals surface area contributed by atoms with Gasteiger partial charge in [0, 0.05) is 45.2 Å². The highest BCUT2D eigenvalue weighted by atomic mass is 16.5. The maximum atomic E-state index is 12.6. The van der Waals surface area contributed by atoms with Gasteiger partial charge < -0.3 is 14.5 Å². The van der Waals surface area contributed by atoms with E-state index in [1.807, 2.05) is 7.11 Å². The molecule has 0 spiro atoms. The van der Waals surface area contributed by atoms with Crippen LogP contribution < -0.4 is 0 Å². The maximum absolute atomic E-state index is 12.6. The molecule has 0 aromatic heterocycles. The van der Waals surface area contributed by atoms with E-state index < -0.39 is 0 Å². The van der Waals surface area contributed by atoms with Gasteiger partial charge in [-0.3, -0.25) is 4.79 Å². The fourth-order valence-corrected chi connectivity index (χ4v) is 4.54. The van der Waals surface area contributed by atoms with Crippen LogP contribution in [0.5, 0.6) is 0 Å². The van der Waals surface area contributed by atoms with Crippen LogP contribution in [0.2, 0.25) is 0 Å². The van der Waals surface area contributed by atoms with Gasteiger partial charge in [0.15, 0.2) is 0 Å². The van der Waals surface area contributed by atoms with Crippen molar-refractivity contribution in [1.29, 1.82) is 0 Å². The predicted octanol–water partition coefficient (Wildman–Crippen LogP) is 2.67. The topological polar surface area (TPSA) is 32.8 Å². The number of rotatable bonds is 3. The van der Waals surface area contributed by atoms with E-state index in [4.69, 9.17) is 4.74 Å². The van der Waals surface area contributed by atoms with Crippen LogP contribution in [0.15, 0.2) is 0 Å². The van der Waals surface area contributed by atoms with Crippen LogP contribution in [0, 0.1) is 5.92 Å². The Labute approximate surface area is 135 Å². The number of carbonyl (C=O) groups is 1. The second-order valence-electron chi connectivity index (χ2n) is 7.36. The van der Waals surface area contributed by atoms with Gasteiger partial charge in [0.05, 0.1) is 6.10 Å². The first-order valence-electron chi connectivity index (χ1n) is 9.33. The van der Waals surface area contributed by atoms with Crippen molar-refractivity contribution in [2.24, 2.45) is 5.92 Å². The molecule has 3 rings (SSSR count). The van der Waals surface area contributed by atoms with Crippen molar-refractivity contribution in [3.63, 3.8) is 0 Å². The highest BCUT2D eigenvalue weighted by Gasteiger charge is 2.32. The highest BCUT2D eigenvalue weighted by Crippen LogP contribution is 2.28. The Kier molecular flexibility index (Phi) is 5.75. The summed E-state index contributed by atoms with van der Waals surface area (Å²) >= 11 is 0. The van der Waals surface area contributed by atoms with Crippen LogP contribution in [0.4, 0.5) is 0 Å². The molecule has 0 bridgehead atoms. The molecule has 0 unspecified atom stereocenters. The number of ether oxygens (including phenoxy) is 1. The van der Waals surface area contributed by atoms with Crippen LogP contribution in [0.1, 0.15) is 57.8 Å². The smallest absolute Gasteiger partial charge is 0.225 e. The quantitative estimate of drug-likeness (QED) is 0.803. The van der Waals surface area contributed by atoms with E-state index in [9.17, 15) is 4.79 Å². The number of likely N-dealkylation sites (tertiary alicyclic amines) is 2. The van der Waals surface area contributed by atoms with Gasteiger partial charge in [0.2, 0.25) is 5.91 Å². The van der Waals surface area contributed by atoms with Gasteiger partial charge in [0.25, 0.3) is 0 Å². The normalized spacial score (nSPS) is 27.2. The molecule has 0 atom stereocenters. The van der Waals surface area contributed by atoms with E-state index in [0.29, 0.717) is 24.0 Å². The molecule has 2 aliphatic heterocycles. The lowest BCUT2D eigenvalue weighted by Gasteiger charge is -2.42. The molecule has 4 heteroatoms. The number of piperidine rings is 2. The number of nitrogens with zero attached hydrogens (tertiary/aromatic N) is 2. The lowest BCUT2D eigenvalue weighted by Crippen LogP contribution is -2.50. The van der Waals surface area contributed by atoms with Gasteiger partial charge in [-0.1, -0.05) is 19.3 Å². The van der Waals surface area contributed by atoms with E-state index in [1.54, 1.807) is 0 Å². The van der Waals surface area contributed by atoms with Crippen LogP contribution >= 0.6 is 0 Å². The highest BCUT2D eigenvalue weighted by molar-refractivity contribution is 5.79. The average Bonchev–Trinajstić information content (AvgIpc) is 2.62. The minimum Gasteiger partial charge on any atom is -0.381 e. The molecule has 126 valence electrons. The summed E-state index contributed by atoms with van der Waals surface area (Å²) in [7, 11) is 1.83. The summed E-state index contributed by atoms with van der Waals surface area (Å²) in [5.41, 5.74) is 0. The summed E-state index contributed by atoms with van der Waals surface area (Å²) in [6.45, 7) is 4.29. The zero-order valence-corrected chi connectivity index (χ0v) is 14.1. The van der Waals surface area contributed by atoms with E-state index in [2.05, 4.69) is 9.80 Å². The molecular weight excluding hydrogens is 276 g/mol. The van der Waals surface area contributed by atoms with E-state index in [1.165, 1.54) is 32.4 Å². The summed E-state index contributed by atoms with van der Waals surface area (Å²) in [5, 5.41) is 0. The zero-order chi connectivity index (χ0) is 15.4. The molecule has 2 heterocycles. The monoisotopic (exact) mass is 308 g/mol. The van der Waals surface area contributed by atoms with Crippen LogP contribution in [-0.4, -0.2) is 61.1 Å². The second kappa shape index (κ2) is 7.78. The van der Waals surface area contributed by atoms with Crippen molar-refractivity contribution in [3.05, 3.63) is 0 Å². The molecule has 0 aromatic carbocycles. The zero-order valence-electron chi connectivity index (χ0n) is 14.1. The van der Waals surface area contributed by atoms with Gasteiger partial charge in [0.1, 0.15) is 0 Å². The number of carbonyl (C=O) groups excluding carboxylic acids is 1. The van der Waals surface area contributed by atoms with E-state index in [-0.39, 0.29) is 0 Å². The number of hydrogen-bond acceptors (Lipinski definition) is 3. The minimum atomic E-state index is 0.336. The summed E-state index contributed by atoms with van der Waals surface area (Å²) in [4.78, 5) is 17.4. The Bertz CT molecular complexity index is 352. The predicted molar refractivity (Wildman–Crippen MR) is 87.8 cm³/mol. The summed E-state index contributed by atoms with van der Waals surface area (Å²) in [5.74, 6) is 0.791. The third kappa shape index (κ3) is 3.83. The molecule has 4 nitrogen and oxygen atoms in total. The van der Waals surface area contributed by atoms with Crippen molar-refractivity contribution in [2.45, 2.75) is 69.9 Å². The van der Waals surface area contributed by atoms with Crippen molar-refractivity contribution in [1.82, 2.24) is 9.80 Å². The number of amides is 1. The first-order valence-corrected chi connectivity index (χ1v) is 9.33. The molecule has 1 amide bonds. The molecule has 0 N–H and O–H groups in total. The fraction of sp³-hybridized carbons (Fsp3) is 0.944. The molecule has 0 radical (unpaired) electrons. The first kappa shape index (κ1) is 16.3.